The maximum absolute atomic E-state index is 5.63. The van der Waals surface area contributed by atoms with E-state index in [4.69, 9.17) is 21.7 Å². The molecule has 1 aliphatic rings. The Labute approximate surface area is 106 Å². The highest BCUT2D eigenvalue weighted by Crippen LogP contribution is 2.25. The molecule has 1 unspecified atom stereocenters. The van der Waals surface area contributed by atoms with Gasteiger partial charge in [-0.3, -0.25) is 5.10 Å². The first-order valence-electron chi connectivity index (χ1n) is 5.98. The predicted octanol–water partition coefficient (Wildman–Crippen LogP) is 1.70. The van der Waals surface area contributed by atoms with Crippen molar-refractivity contribution in [1.82, 2.24) is 14.8 Å². The Kier molecular flexibility index (Phi) is 3.96. The quantitative estimate of drug-likeness (QED) is 0.816. The molecule has 0 amide bonds. The van der Waals surface area contributed by atoms with Crippen LogP contribution in [0.3, 0.4) is 0 Å². The third kappa shape index (κ3) is 2.59. The summed E-state index contributed by atoms with van der Waals surface area (Å²) in [5.41, 5.74) is -0.245. The summed E-state index contributed by atoms with van der Waals surface area (Å²) in [4.78, 5) is 0. The molecule has 1 aliphatic heterocycles. The first-order valence-corrected chi connectivity index (χ1v) is 6.38. The van der Waals surface area contributed by atoms with Gasteiger partial charge in [-0.15, -0.1) is 0 Å². The second-order valence-electron chi connectivity index (χ2n) is 4.47. The van der Waals surface area contributed by atoms with E-state index in [1.807, 2.05) is 4.57 Å². The smallest absolute Gasteiger partial charge is 0.195 e. The van der Waals surface area contributed by atoms with Crippen LogP contribution < -0.4 is 0 Å². The minimum absolute atomic E-state index is 0.245. The Hall–Kier alpha value is -0.720. The third-order valence-corrected chi connectivity index (χ3v) is 3.57. The molecule has 5 nitrogen and oxygen atoms in total. The number of hydrogen-bond acceptors (Lipinski definition) is 4. The summed E-state index contributed by atoms with van der Waals surface area (Å²) in [5.74, 6) is 1.00. The van der Waals surface area contributed by atoms with E-state index in [2.05, 4.69) is 17.1 Å². The minimum Gasteiger partial charge on any atom is -0.378 e. The van der Waals surface area contributed by atoms with Crippen molar-refractivity contribution in [2.45, 2.75) is 38.3 Å². The Balaban J connectivity index is 2.22. The van der Waals surface area contributed by atoms with Crippen LogP contribution in [-0.4, -0.2) is 40.7 Å². The summed E-state index contributed by atoms with van der Waals surface area (Å²) < 4.78 is 13.8. The minimum atomic E-state index is -0.245. The van der Waals surface area contributed by atoms with Gasteiger partial charge in [-0.2, -0.15) is 5.10 Å². The lowest BCUT2D eigenvalue weighted by Crippen LogP contribution is -2.37. The van der Waals surface area contributed by atoms with Crippen molar-refractivity contribution in [2.24, 2.45) is 0 Å². The zero-order valence-electron chi connectivity index (χ0n) is 10.4. The van der Waals surface area contributed by atoms with E-state index >= 15 is 0 Å². The lowest BCUT2D eigenvalue weighted by Gasteiger charge is -2.26. The van der Waals surface area contributed by atoms with Gasteiger partial charge in [0, 0.05) is 26.6 Å². The molecular weight excluding hydrogens is 238 g/mol. The van der Waals surface area contributed by atoms with Crippen LogP contribution in [0.4, 0.5) is 0 Å². The maximum atomic E-state index is 5.63. The number of aromatic nitrogens is 3. The Bertz CT molecular complexity index is 421. The van der Waals surface area contributed by atoms with Gasteiger partial charge in [-0.1, -0.05) is 6.92 Å². The molecule has 1 atom stereocenters. The SMILES string of the molecule is CCCc1n[nH]c(=S)n1CC1(OC)CCOC1. The topological polar surface area (TPSA) is 52.1 Å². The van der Waals surface area contributed by atoms with Crippen LogP contribution in [0, 0.1) is 4.77 Å². The number of methoxy groups -OCH3 is 1. The molecule has 6 heteroatoms. The van der Waals surface area contributed by atoms with Crippen LogP contribution in [-0.2, 0) is 22.4 Å². The fourth-order valence-corrected chi connectivity index (χ4v) is 2.37. The van der Waals surface area contributed by atoms with Crippen molar-refractivity contribution >= 4 is 12.2 Å². The zero-order valence-corrected chi connectivity index (χ0v) is 11.2. The number of aryl methyl sites for hydroxylation is 1. The van der Waals surface area contributed by atoms with Crippen molar-refractivity contribution in [2.75, 3.05) is 20.3 Å². The third-order valence-electron chi connectivity index (χ3n) is 3.26. The van der Waals surface area contributed by atoms with Crippen molar-refractivity contribution < 1.29 is 9.47 Å². The standard InChI is InChI=1S/C11H19N3O2S/c1-3-4-9-12-13-10(17)14(9)7-11(15-2)5-6-16-8-11/h3-8H2,1-2H3,(H,13,17). The number of aromatic amines is 1. The fraction of sp³-hybridized carbons (Fsp3) is 0.818. The first kappa shape index (κ1) is 12.7. The number of rotatable bonds is 5. The largest absolute Gasteiger partial charge is 0.378 e. The highest BCUT2D eigenvalue weighted by atomic mass is 32.1. The molecule has 2 rings (SSSR count). The van der Waals surface area contributed by atoms with Gasteiger partial charge >= 0.3 is 0 Å². The number of ether oxygens (including phenoxy) is 2. The van der Waals surface area contributed by atoms with Crippen LogP contribution in [0.5, 0.6) is 0 Å². The van der Waals surface area contributed by atoms with E-state index in [9.17, 15) is 0 Å². The number of hydrogen-bond donors (Lipinski definition) is 1. The monoisotopic (exact) mass is 257 g/mol. The molecular formula is C11H19N3O2S. The normalized spacial score (nSPS) is 24.4. The van der Waals surface area contributed by atoms with Crippen LogP contribution in [0.2, 0.25) is 0 Å². The van der Waals surface area contributed by atoms with Gasteiger partial charge in [0.2, 0.25) is 0 Å². The summed E-state index contributed by atoms with van der Waals surface area (Å²) in [6.07, 6.45) is 2.88. The van der Waals surface area contributed by atoms with E-state index in [0.29, 0.717) is 17.9 Å². The van der Waals surface area contributed by atoms with E-state index in [1.54, 1.807) is 7.11 Å². The summed E-state index contributed by atoms with van der Waals surface area (Å²) in [5, 5.41) is 7.12. The summed E-state index contributed by atoms with van der Waals surface area (Å²) >= 11 is 5.27. The summed E-state index contributed by atoms with van der Waals surface area (Å²) in [6.45, 7) is 4.23. The number of nitrogens with zero attached hydrogens (tertiary/aromatic N) is 2. The molecule has 0 aliphatic carbocycles. The van der Waals surface area contributed by atoms with Gasteiger partial charge in [-0.05, 0) is 18.6 Å². The van der Waals surface area contributed by atoms with Crippen LogP contribution >= 0.6 is 12.2 Å². The zero-order chi connectivity index (χ0) is 12.3. The van der Waals surface area contributed by atoms with Crippen molar-refractivity contribution in [1.29, 1.82) is 0 Å². The van der Waals surface area contributed by atoms with Crippen LogP contribution in [0.15, 0.2) is 0 Å². The molecule has 1 fully saturated rings. The van der Waals surface area contributed by atoms with E-state index < -0.39 is 0 Å². The van der Waals surface area contributed by atoms with Gasteiger partial charge in [0.1, 0.15) is 11.4 Å². The van der Waals surface area contributed by atoms with E-state index in [1.165, 1.54) is 0 Å². The van der Waals surface area contributed by atoms with Crippen molar-refractivity contribution in [3.63, 3.8) is 0 Å². The van der Waals surface area contributed by atoms with Gasteiger partial charge in [-0.25, -0.2) is 0 Å². The van der Waals surface area contributed by atoms with Crippen LogP contribution in [0.25, 0.3) is 0 Å². The Morgan fingerprint density at radius 3 is 3.06 bits per heavy atom. The molecule has 0 radical (unpaired) electrons. The molecule has 0 aromatic carbocycles. The highest BCUT2D eigenvalue weighted by molar-refractivity contribution is 7.71. The lowest BCUT2D eigenvalue weighted by molar-refractivity contribution is -0.0303. The first-order chi connectivity index (χ1) is 8.21. The van der Waals surface area contributed by atoms with Crippen molar-refractivity contribution in [3.05, 3.63) is 10.6 Å². The van der Waals surface area contributed by atoms with Crippen molar-refractivity contribution in [3.8, 4) is 0 Å². The molecule has 0 bridgehead atoms. The predicted molar refractivity (Wildman–Crippen MR) is 66.6 cm³/mol. The Morgan fingerprint density at radius 2 is 2.47 bits per heavy atom. The second kappa shape index (κ2) is 5.29. The molecule has 1 aromatic rings. The van der Waals surface area contributed by atoms with Gasteiger partial charge in [0.15, 0.2) is 4.77 Å². The average molecular weight is 257 g/mol. The maximum Gasteiger partial charge on any atom is 0.195 e. The molecule has 1 aromatic heterocycles. The average Bonchev–Trinajstić information content (AvgIpc) is 2.92. The highest BCUT2D eigenvalue weighted by Gasteiger charge is 2.36. The molecule has 2 heterocycles. The second-order valence-corrected chi connectivity index (χ2v) is 4.86. The lowest BCUT2D eigenvalue weighted by atomic mass is 10.0. The fourth-order valence-electron chi connectivity index (χ4n) is 2.15. The van der Waals surface area contributed by atoms with Gasteiger partial charge in [0.25, 0.3) is 0 Å². The van der Waals surface area contributed by atoms with Crippen LogP contribution in [0.1, 0.15) is 25.6 Å². The molecule has 0 saturated carbocycles. The summed E-state index contributed by atoms with van der Waals surface area (Å²) in [7, 11) is 1.73. The van der Waals surface area contributed by atoms with Gasteiger partial charge < -0.3 is 14.0 Å². The number of H-pyrrole nitrogens is 1. The van der Waals surface area contributed by atoms with E-state index in [-0.39, 0.29) is 5.60 Å². The summed E-state index contributed by atoms with van der Waals surface area (Å²) in [6, 6.07) is 0. The molecule has 17 heavy (non-hydrogen) atoms. The molecule has 0 spiro atoms. The molecule has 96 valence electrons. The van der Waals surface area contributed by atoms with Gasteiger partial charge in [0.05, 0.1) is 13.2 Å². The van der Waals surface area contributed by atoms with E-state index in [0.717, 1.165) is 31.7 Å². The molecule has 1 N–H and O–H groups in total. The number of nitrogens with one attached hydrogen (secondary N) is 1. The molecule has 1 saturated heterocycles. The Morgan fingerprint density at radius 1 is 1.65 bits per heavy atom.